The summed E-state index contributed by atoms with van der Waals surface area (Å²) in [6.07, 6.45) is 3.03. The number of carbonyl (C=O) groups is 1. The van der Waals surface area contributed by atoms with Gasteiger partial charge in [0.15, 0.2) is 5.78 Å². The summed E-state index contributed by atoms with van der Waals surface area (Å²) in [5.74, 6) is 1.92. The van der Waals surface area contributed by atoms with Crippen LogP contribution in [0.25, 0.3) is 0 Å². The van der Waals surface area contributed by atoms with Crippen LogP contribution in [0.1, 0.15) is 55.9 Å². The Morgan fingerprint density at radius 1 is 1.24 bits per heavy atom. The third kappa shape index (κ3) is 2.92. The highest BCUT2D eigenvalue weighted by atomic mass is 16.5. The second kappa shape index (κ2) is 5.70. The van der Waals surface area contributed by atoms with Gasteiger partial charge in [-0.3, -0.25) is 4.79 Å². The quantitative estimate of drug-likeness (QED) is 0.838. The van der Waals surface area contributed by atoms with Gasteiger partial charge in [0, 0.05) is 5.56 Å². The van der Waals surface area contributed by atoms with Crippen molar-refractivity contribution in [2.24, 2.45) is 0 Å². The van der Waals surface area contributed by atoms with Gasteiger partial charge in [-0.1, -0.05) is 6.92 Å². The van der Waals surface area contributed by atoms with Gasteiger partial charge in [0.2, 0.25) is 0 Å². The molecule has 0 aliphatic carbocycles. The third-order valence-corrected chi connectivity index (χ3v) is 4.73. The van der Waals surface area contributed by atoms with E-state index in [1.54, 1.807) is 6.92 Å². The topological polar surface area (TPSA) is 35.5 Å². The molecule has 1 atom stereocenters. The highest BCUT2D eigenvalue weighted by molar-refractivity contribution is 5.77. The number of fused-ring (bicyclic) bond motifs is 1. The number of ketones is 1. The van der Waals surface area contributed by atoms with Crippen LogP contribution in [-0.2, 0) is 11.2 Å². The van der Waals surface area contributed by atoms with E-state index in [-0.39, 0.29) is 18.0 Å². The number of Topliss-reactive ketones (excluding diaryl/α,β-unsaturated/α-hetero) is 1. The molecule has 0 saturated carbocycles. The Balaban J connectivity index is 2.47. The van der Waals surface area contributed by atoms with Crippen LogP contribution in [0.3, 0.4) is 0 Å². The van der Waals surface area contributed by atoms with E-state index in [0.717, 1.165) is 47.5 Å². The van der Waals surface area contributed by atoms with Gasteiger partial charge in [0.05, 0.1) is 0 Å². The first-order chi connectivity index (χ1) is 9.79. The second-order valence-corrected chi connectivity index (χ2v) is 6.41. The first-order valence-corrected chi connectivity index (χ1v) is 7.73. The number of benzene rings is 1. The molecule has 2 rings (SSSR count). The normalized spacial score (nSPS) is 20.7. The molecule has 0 N–H and O–H groups in total. The maximum absolute atomic E-state index is 11.2. The van der Waals surface area contributed by atoms with Crippen molar-refractivity contribution in [2.75, 3.05) is 6.61 Å². The maximum atomic E-state index is 11.2. The van der Waals surface area contributed by atoms with E-state index in [0.29, 0.717) is 0 Å². The minimum Gasteiger partial charge on any atom is -0.487 e. The van der Waals surface area contributed by atoms with E-state index >= 15 is 0 Å². The van der Waals surface area contributed by atoms with Crippen LogP contribution in [0.4, 0.5) is 0 Å². The number of rotatable bonds is 4. The SMILES string of the molecule is CC[C@]1(C)CCc2c(C)c(OCC(C)=O)c(C)c(C)c2O1. The Hall–Kier alpha value is -1.51. The van der Waals surface area contributed by atoms with Crippen molar-refractivity contribution in [1.82, 2.24) is 0 Å². The van der Waals surface area contributed by atoms with Crippen LogP contribution in [0.5, 0.6) is 11.5 Å². The lowest BCUT2D eigenvalue weighted by molar-refractivity contribution is -0.118. The van der Waals surface area contributed by atoms with Crippen LogP contribution in [-0.4, -0.2) is 18.0 Å². The molecule has 116 valence electrons. The lowest BCUT2D eigenvalue weighted by atomic mass is 9.86. The molecule has 3 nitrogen and oxygen atoms in total. The van der Waals surface area contributed by atoms with Gasteiger partial charge in [-0.15, -0.1) is 0 Å². The summed E-state index contributed by atoms with van der Waals surface area (Å²) in [6.45, 7) is 12.2. The van der Waals surface area contributed by atoms with Crippen molar-refractivity contribution in [1.29, 1.82) is 0 Å². The fraction of sp³-hybridized carbons (Fsp3) is 0.611. The van der Waals surface area contributed by atoms with Crippen LogP contribution in [0.15, 0.2) is 0 Å². The molecule has 1 heterocycles. The molecule has 21 heavy (non-hydrogen) atoms. The van der Waals surface area contributed by atoms with Gasteiger partial charge in [-0.2, -0.15) is 0 Å². The smallest absolute Gasteiger partial charge is 0.167 e. The highest BCUT2D eigenvalue weighted by Crippen LogP contribution is 2.44. The predicted molar refractivity (Wildman–Crippen MR) is 84.5 cm³/mol. The number of carbonyl (C=O) groups excluding carboxylic acids is 1. The van der Waals surface area contributed by atoms with Crippen LogP contribution < -0.4 is 9.47 Å². The molecule has 1 aromatic carbocycles. The number of ether oxygens (including phenoxy) is 2. The van der Waals surface area contributed by atoms with E-state index in [2.05, 4.69) is 27.7 Å². The summed E-state index contributed by atoms with van der Waals surface area (Å²) >= 11 is 0. The summed E-state index contributed by atoms with van der Waals surface area (Å²) < 4.78 is 12.1. The molecule has 0 unspecified atom stereocenters. The first kappa shape index (κ1) is 15.9. The van der Waals surface area contributed by atoms with Gasteiger partial charge in [-0.25, -0.2) is 0 Å². The molecule has 0 saturated heterocycles. The maximum Gasteiger partial charge on any atom is 0.167 e. The van der Waals surface area contributed by atoms with E-state index in [1.165, 1.54) is 5.56 Å². The van der Waals surface area contributed by atoms with E-state index < -0.39 is 0 Å². The predicted octanol–water partition coefficient (Wildman–Crippen LogP) is 4.07. The lowest BCUT2D eigenvalue weighted by Crippen LogP contribution is -2.36. The zero-order valence-corrected chi connectivity index (χ0v) is 14.1. The van der Waals surface area contributed by atoms with Crippen molar-refractivity contribution in [3.8, 4) is 11.5 Å². The Labute approximate surface area is 127 Å². The average molecular weight is 290 g/mol. The van der Waals surface area contributed by atoms with Crippen molar-refractivity contribution in [2.45, 2.75) is 66.4 Å². The summed E-state index contributed by atoms with van der Waals surface area (Å²) in [6, 6.07) is 0. The molecule has 0 aromatic heterocycles. The van der Waals surface area contributed by atoms with Crippen LogP contribution in [0, 0.1) is 20.8 Å². The fourth-order valence-electron chi connectivity index (χ4n) is 2.92. The Kier molecular flexibility index (Phi) is 4.31. The molecule has 1 aromatic rings. The van der Waals surface area contributed by atoms with E-state index in [4.69, 9.17) is 9.47 Å². The first-order valence-electron chi connectivity index (χ1n) is 7.73. The van der Waals surface area contributed by atoms with Crippen molar-refractivity contribution >= 4 is 5.78 Å². The Bertz CT molecular complexity index is 575. The standard InChI is InChI=1S/C18H26O3/c1-7-18(6)9-8-15-14(5)16(20-10-11(2)19)12(3)13(4)17(15)21-18/h7-10H2,1-6H3/t18-/m1/s1. The molecule has 3 heteroatoms. The Morgan fingerprint density at radius 3 is 2.48 bits per heavy atom. The third-order valence-electron chi connectivity index (χ3n) is 4.73. The van der Waals surface area contributed by atoms with Crippen molar-refractivity contribution in [3.05, 3.63) is 22.3 Å². The minimum absolute atomic E-state index is 0.0407. The zero-order valence-electron chi connectivity index (χ0n) is 14.1. The van der Waals surface area contributed by atoms with E-state index in [1.807, 2.05) is 6.92 Å². The van der Waals surface area contributed by atoms with Gasteiger partial charge in [0.1, 0.15) is 23.7 Å². The molecule has 0 radical (unpaired) electrons. The molecular weight excluding hydrogens is 264 g/mol. The number of hydrogen-bond acceptors (Lipinski definition) is 3. The molecule has 1 aliphatic heterocycles. The van der Waals surface area contributed by atoms with Crippen LogP contribution >= 0.6 is 0 Å². The minimum atomic E-state index is -0.0710. The lowest BCUT2D eigenvalue weighted by Gasteiger charge is -2.37. The van der Waals surface area contributed by atoms with Gasteiger partial charge in [0.25, 0.3) is 0 Å². The zero-order chi connectivity index (χ0) is 15.8. The van der Waals surface area contributed by atoms with Crippen molar-refractivity contribution < 1.29 is 14.3 Å². The van der Waals surface area contributed by atoms with E-state index in [9.17, 15) is 4.79 Å². The fourth-order valence-corrected chi connectivity index (χ4v) is 2.92. The van der Waals surface area contributed by atoms with Gasteiger partial charge >= 0.3 is 0 Å². The summed E-state index contributed by atoms with van der Waals surface area (Å²) in [4.78, 5) is 11.2. The molecule has 0 spiro atoms. The van der Waals surface area contributed by atoms with Crippen molar-refractivity contribution in [3.63, 3.8) is 0 Å². The summed E-state index contributed by atoms with van der Waals surface area (Å²) in [5.41, 5.74) is 4.50. The van der Waals surface area contributed by atoms with Crippen LogP contribution in [0.2, 0.25) is 0 Å². The summed E-state index contributed by atoms with van der Waals surface area (Å²) in [5, 5.41) is 0. The second-order valence-electron chi connectivity index (χ2n) is 6.41. The number of hydrogen-bond donors (Lipinski definition) is 0. The van der Waals surface area contributed by atoms with Gasteiger partial charge in [-0.05, 0) is 70.6 Å². The molecule has 1 aliphatic rings. The summed E-state index contributed by atoms with van der Waals surface area (Å²) in [7, 11) is 0. The Morgan fingerprint density at radius 2 is 1.90 bits per heavy atom. The monoisotopic (exact) mass is 290 g/mol. The average Bonchev–Trinajstić information content (AvgIpc) is 2.44. The molecule has 0 amide bonds. The largest absolute Gasteiger partial charge is 0.487 e. The van der Waals surface area contributed by atoms with Gasteiger partial charge < -0.3 is 9.47 Å². The molecular formula is C18H26O3. The molecule has 0 bridgehead atoms. The molecule has 0 fully saturated rings. The highest BCUT2D eigenvalue weighted by Gasteiger charge is 2.33.